The Kier molecular flexibility index (Phi) is 5.97. The van der Waals surface area contributed by atoms with Crippen molar-refractivity contribution >= 4 is 29.9 Å². The van der Waals surface area contributed by atoms with Crippen LogP contribution in [0.2, 0.25) is 0 Å². The first-order valence-electron chi connectivity index (χ1n) is 6.42. The highest BCUT2D eigenvalue weighted by molar-refractivity contribution is 5.92. The molecule has 1 heterocycles. The lowest BCUT2D eigenvalue weighted by atomic mass is 9.85. The molecular formula is C12H20ClN5O2. The van der Waals surface area contributed by atoms with Crippen molar-refractivity contribution in [2.24, 2.45) is 17.4 Å². The van der Waals surface area contributed by atoms with Gasteiger partial charge >= 0.3 is 0 Å². The van der Waals surface area contributed by atoms with Crippen LogP contribution in [0.1, 0.15) is 25.7 Å². The van der Waals surface area contributed by atoms with Gasteiger partial charge in [-0.15, -0.1) is 12.4 Å². The first-order valence-corrected chi connectivity index (χ1v) is 6.42. The molecule has 7 nitrogen and oxygen atoms in total. The Morgan fingerprint density at radius 1 is 1.45 bits per heavy atom. The molecule has 2 atom stereocenters. The van der Waals surface area contributed by atoms with Gasteiger partial charge in [0.25, 0.3) is 0 Å². The van der Waals surface area contributed by atoms with Crippen LogP contribution < -0.4 is 16.8 Å². The lowest BCUT2D eigenvalue weighted by Gasteiger charge is -2.25. The van der Waals surface area contributed by atoms with E-state index in [-0.39, 0.29) is 36.8 Å². The predicted molar refractivity (Wildman–Crippen MR) is 77.2 cm³/mol. The van der Waals surface area contributed by atoms with Gasteiger partial charge in [0.2, 0.25) is 11.8 Å². The normalized spacial score (nSPS) is 21.9. The fourth-order valence-corrected chi connectivity index (χ4v) is 2.38. The molecule has 1 aromatic rings. The van der Waals surface area contributed by atoms with Crippen molar-refractivity contribution in [3.05, 3.63) is 12.4 Å². The molecule has 1 aliphatic carbocycles. The van der Waals surface area contributed by atoms with Crippen LogP contribution in [-0.2, 0) is 16.1 Å². The Hall–Kier alpha value is -1.60. The highest BCUT2D eigenvalue weighted by atomic mass is 35.5. The van der Waals surface area contributed by atoms with Crippen LogP contribution >= 0.6 is 12.4 Å². The Bertz CT molecular complexity index is 476. The molecule has 2 amide bonds. The maximum absolute atomic E-state index is 12.0. The summed E-state index contributed by atoms with van der Waals surface area (Å²) in [5.41, 5.74) is 11.5. The van der Waals surface area contributed by atoms with Crippen molar-refractivity contribution in [3.63, 3.8) is 0 Å². The summed E-state index contributed by atoms with van der Waals surface area (Å²) in [7, 11) is 0. The molecule has 0 bridgehead atoms. The van der Waals surface area contributed by atoms with E-state index >= 15 is 0 Å². The molecule has 112 valence electrons. The van der Waals surface area contributed by atoms with Gasteiger partial charge in [0.1, 0.15) is 6.54 Å². The highest BCUT2D eigenvalue weighted by Gasteiger charge is 2.25. The van der Waals surface area contributed by atoms with Gasteiger partial charge < -0.3 is 16.8 Å². The summed E-state index contributed by atoms with van der Waals surface area (Å²) in [5.74, 6) is -0.545. The monoisotopic (exact) mass is 301 g/mol. The number of carbonyl (C=O) groups is 2. The number of primary amides is 1. The number of aromatic nitrogens is 2. The molecule has 5 N–H and O–H groups in total. The van der Waals surface area contributed by atoms with Crippen molar-refractivity contribution in [3.8, 4) is 0 Å². The summed E-state index contributed by atoms with van der Waals surface area (Å²) >= 11 is 0. The molecule has 1 fully saturated rings. The third kappa shape index (κ3) is 4.50. The number of nitrogens with one attached hydrogen (secondary N) is 1. The van der Waals surface area contributed by atoms with Gasteiger partial charge in [-0.25, -0.2) is 0 Å². The zero-order valence-corrected chi connectivity index (χ0v) is 11.9. The number of carbonyl (C=O) groups excluding carboxylic acids is 2. The van der Waals surface area contributed by atoms with E-state index in [1.807, 2.05) is 0 Å². The number of hydrogen-bond donors (Lipinski definition) is 3. The molecule has 0 spiro atoms. The molecule has 2 unspecified atom stereocenters. The average molecular weight is 302 g/mol. The van der Waals surface area contributed by atoms with Gasteiger partial charge in [-0.2, -0.15) is 5.10 Å². The third-order valence-electron chi connectivity index (χ3n) is 3.30. The van der Waals surface area contributed by atoms with E-state index in [1.165, 1.54) is 10.9 Å². The van der Waals surface area contributed by atoms with Crippen LogP contribution in [0.4, 0.5) is 5.69 Å². The molecule has 8 heteroatoms. The third-order valence-corrected chi connectivity index (χ3v) is 3.30. The maximum Gasteiger partial charge on any atom is 0.239 e. The minimum Gasteiger partial charge on any atom is -0.368 e. The number of halogens is 1. The maximum atomic E-state index is 12.0. The fourth-order valence-electron chi connectivity index (χ4n) is 2.38. The van der Waals surface area contributed by atoms with Crippen molar-refractivity contribution in [1.29, 1.82) is 0 Å². The first-order chi connectivity index (χ1) is 9.04. The number of anilines is 1. The summed E-state index contributed by atoms with van der Waals surface area (Å²) in [5, 5.41) is 6.74. The van der Waals surface area contributed by atoms with E-state index in [0.717, 1.165) is 25.7 Å². The minimum absolute atomic E-state index is 0. The second kappa shape index (κ2) is 7.25. The average Bonchev–Trinajstić information content (AvgIpc) is 2.75. The van der Waals surface area contributed by atoms with Crippen LogP contribution in [0, 0.1) is 5.92 Å². The van der Waals surface area contributed by atoms with E-state index < -0.39 is 5.91 Å². The summed E-state index contributed by atoms with van der Waals surface area (Å²) in [6.07, 6.45) is 6.66. The Balaban J connectivity index is 0.00000200. The van der Waals surface area contributed by atoms with E-state index in [2.05, 4.69) is 10.4 Å². The molecular weight excluding hydrogens is 282 g/mol. The smallest absolute Gasteiger partial charge is 0.239 e. The van der Waals surface area contributed by atoms with Crippen molar-refractivity contribution < 1.29 is 9.59 Å². The quantitative estimate of drug-likeness (QED) is 0.739. The molecule has 1 aromatic heterocycles. The highest BCUT2D eigenvalue weighted by Crippen LogP contribution is 2.24. The Labute approximate surface area is 123 Å². The molecule has 20 heavy (non-hydrogen) atoms. The topological polar surface area (TPSA) is 116 Å². The van der Waals surface area contributed by atoms with Crippen molar-refractivity contribution in [2.45, 2.75) is 38.3 Å². The standard InChI is InChI=1S/C12H19N5O2.ClH/c13-9-3-1-2-8(4-9)12(19)16-10-5-15-17(6-10)7-11(14)18;/h5-6,8-9H,1-4,7,13H2,(H2,14,18)(H,16,19);1H. The number of hydrogen-bond acceptors (Lipinski definition) is 4. The van der Waals surface area contributed by atoms with Gasteiger partial charge in [0, 0.05) is 18.2 Å². The minimum atomic E-state index is -0.473. The largest absolute Gasteiger partial charge is 0.368 e. The van der Waals surface area contributed by atoms with E-state index in [1.54, 1.807) is 6.20 Å². The van der Waals surface area contributed by atoms with Crippen LogP contribution in [-0.4, -0.2) is 27.6 Å². The van der Waals surface area contributed by atoms with Crippen LogP contribution in [0.5, 0.6) is 0 Å². The molecule has 0 aliphatic heterocycles. The zero-order valence-electron chi connectivity index (χ0n) is 11.1. The second-order valence-electron chi connectivity index (χ2n) is 5.01. The Morgan fingerprint density at radius 2 is 2.20 bits per heavy atom. The molecule has 0 aromatic carbocycles. The second-order valence-corrected chi connectivity index (χ2v) is 5.01. The van der Waals surface area contributed by atoms with Crippen molar-refractivity contribution in [2.75, 3.05) is 5.32 Å². The van der Waals surface area contributed by atoms with Gasteiger partial charge in [-0.3, -0.25) is 14.3 Å². The molecule has 0 radical (unpaired) electrons. The fraction of sp³-hybridized carbons (Fsp3) is 0.583. The molecule has 1 saturated carbocycles. The number of nitrogens with zero attached hydrogens (tertiary/aromatic N) is 2. The molecule has 1 aliphatic rings. The lowest BCUT2D eigenvalue weighted by molar-refractivity contribution is -0.121. The first kappa shape index (κ1) is 16.5. The molecule has 0 saturated heterocycles. The number of amides is 2. The Morgan fingerprint density at radius 3 is 2.85 bits per heavy atom. The van der Waals surface area contributed by atoms with E-state index in [0.29, 0.717) is 5.69 Å². The van der Waals surface area contributed by atoms with E-state index in [4.69, 9.17) is 11.5 Å². The number of rotatable bonds is 4. The summed E-state index contributed by atoms with van der Waals surface area (Å²) in [6, 6.07) is 0.113. The van der Waals surface area contributed by atoms with Gasteiger partial charge in [-0.1, -0.05) is 6.42 Å². The SMILES string of the molecule is Cl.NC(=O)Cn1cc(NC(=O)C2CCCC(N)C2)cn1. The summed E-state index contributed by atoms with van der Waals surface area (Å²) < 4.78 is 1.39. The van der Waals surface area contributed by atoms with Gasteiger partial charge in [-0.05, 0) is 19.3 Å². The molecule has 2 rings (SSSR count). The summed E-state index contributed by atoms with van der Waals surface area (Å²) in [4.78, 5) is 22.8. The van der Waals surface area contributed by atoms with Crippen LogP contribution in [0.25, 0.3) is 0 Å². The number of nitrogens with two attached hydrogens (primary N) is 2. The van der Waals surface area contributed by atoms with Crippen LogP contribution in [0.3, 0.4) is 0 Å². The van der Waals surface area contributed by atoms with E-state index in [9.17, 15) is 9.59 Å². The summed E-state index contributed by atoms with van der Waals surface area (Å²) in [6.45, 7) is 0.00414. The lowest BCUT2D eigenvalue weighted by Crippen LogP contribution is -2.34. The van der Waals surface area contributed by atoms with Gasteiger partial charge in [0.15, 0.2) is 0 Å². The van der Waals surface area contributed by atoms with Gasteiger partial charge in [0.05, 0.1) is 11.9 Å². The van der Waals surface area contributed by atoms with Crippen LogP contribution in [0.15, 0.2) is 12.4 Å². The predicted octanol–water partition coefficient (Wildman–Crippen LogP) is 0.246. The zero-order chi connectivity index (χ0) is 13.8. The van der Waals surface area contributed by atoms with Crippen molar-refractivity contribution in [1.82, 2.24) is 9.78 Å².